The first-order valence-electron chi connectivity index (χ1n) is 7.72. The molecule has 4 nitrogen and oxygen atoms in total. The van der Waals surface area contributed by atoms with Crippen LogP contribution >= 0.6 is 27.5 Å². The fourth-order valence-electron chi connectivity index (χ4n) is 2.53. The Bertz CT molecular complexity index is 885. The highest BCUT2D eigenvalue weighted by atomic mass is 79.9. The van der Waals surface area contributed by atoms with Gasteiger partial charge in [-0.2, -0.15) is 0 Å². The van der Waals surface area contributed by atoms with Crippen molar-refractivity contribution in [3.8, 4) is 0 Å². The fourth-order valence-corrected chi connectivity index (χ4v) is 3.52. The van der Waals surface area contributed by atoms with Crippen LogP contribution in [-0.4, -0.2) is 15.5 Å². The van der Waals surface area contributed by atoms with Crippen molar-refractivity contribution < 1.29 is 9.18 Å². The number of halogens is 2. The molecule has 1 amide bonds. The number of hydrogen-bond acceptors (Lipinski definition) is 4. The van der Waals surface area contributed by atoms with Crippen LogP contribution in [-0.2, 0) is 6.42 Å². The summed E-state index contributed by atoms with van der Waals surface area (Å²) in [6, 6.07) is 13.5. The van der Waals surface area contributed by atoms with E-state index in [-0.39, 0.29) is 11.7 Å². The summed E-state index contributed by atoms with van der Waals surface area (Å²) < 4.78 is 19.0. The molecule has 0 fully saturated rings. The third-order valence-corrected chi connectivity index (χ3v) is 5.04. The summed E-state index contributed by atoms with van der Waals surface area (Å²) in [6.07, 6.45) is 0.613. The van der Waals surface area contributed by atoms with Gasteiger partial charge in [-0.3, -0.25) is 4.79 Å². The summed E-state index contributed by atoms with van der Waals surface area (Å²) in [5.41, 5.74) is 1.84. The van der Waals surface area contributed by atoms with Crippen molar-refractivity contribution in [2.45, 2.75) is 19.4 Å². The molecule has 0 radical (unpaired) electrons. The molecule has 0 aliphatic carbocycles. The molecule has 0 bridgehead atoms. The average Bonchev–Trinajstić information content (AvgIpc) is 3.10. The summed E-state index contributed by atoms with van der Waals surface area (Å²) in [7, 11) is 0. The molecule has 2 aromatic carbocycles. The van der Waals surface area contributed by atoms with Crippen molar-refractivity contribution in [2.24, 2.45) is 0 Å². The van der Waals surface area contributed by atoms with Crippen molar-refractivity contribution in [3.63, 3.8) is 0 Å². The number of nitrogens with zero attached hydrogens (tertiary/aromatic N) is 2. The molecule has 0 spiro atoms. The van der Waals surface area contributed by atoms with Crippen LogP contribution in [0.25, 0.3) is 0 Å². The number of aryl methyl sites for hydroxylation is 1. The molecule has 3 rings (SSSR count). The minimum absolute atomic E-state index is 0.303. The number of nitrogens with one attached hydrogen (secondary N) is 1. The number of benzene rings is 2. The van der Waals surface area contributed by atoms with E-state index in [0.717, 1.165) is 17.1 Å². The van der Waals surface area contributed by atoms with Crippen LogP contribution < -0.4 is 5.32 Å². The molecular weight excluding hydrogens is 405 g/mol. The van der Waals surface area contributed by atoms with E-state index >= 15 is 0 Å². The molecule has 7 heteroatoms. The van der Waals surface area contributed by atoms with E-state index < -0.39 is 6.04 Å². The van der Waals surface area contributed by atoms with Gasteiger partial charge in [0.05, 0.1) is 11.7 Å². The van der Waals surface area contributed by atoms with Gasteiger partial charge in [0.2, 0.25) is 0 Å². The number of hydrogen-bond donors (Lipinski definition) is 1. The van der Waals surface area contributed by atoms with Crippen molar-refractivity contribution in [2.75, 3.05) is 0 Å². The number of carbonyl (C=O) groups excluding carboxylic acids is 1. The molecule has 0 saturated carbocycles. The molecular formula is C18H15BrFN3OS. The summed E-state index contributed by atoms with van der Waals surface area (Å²) in [4.78, 5) is 13.2. The lowest BCUT2D eigenvalue weighted by Crippen LogP contribution is -2.30. The van der Waals surface area contributed by atoms with Crippen molar-refractivity contribution in [1.29, 1.82) is 0 Å². The minimum Gasteiger partial charge on any atom is -0.340 e. The van der Waals surface area contributed by atoms with E-state index in [1.165, 1.54) is 6.07 Å². The Morgan fingerprint density at radius 2 is 2.04 bits per heavy atom. The SMILES string of the molecule is CCc1nnsc1C(=O)NC(c1ccccc1)c1ccc(Br)cc1F. The highest BCUT2D eigenvalue weighted by Crippen LogP contribution is 2.27. The van der Waals surface area contributed by atoms with E-state index in [1.807, 2.05) is 37.3 Å². The lowest BCUT2D eigenvalue weighted by atomic mass is 9.98. The Morgan fingerprint density at radius 3 is 2.72 bits per heavy atom. The Balaban J connectivity index is 1.99. The van der Waals surface area contributed by atoms with Gasteiger partial charge in [-0.05, 0) is 35.6 Å². The van der Waals surface area contributed by atoms with E-state index in [2.05, 4.69) is 30.8 Å². The lowest BCUT2D eigenvalue weighted by molar-refractivity contribution is 0.0945. The molecule has 1 atom stereocenters. The summed E-state index contributed by atoms with van der Waals surface area (Å²) in [6.45, 7) is 1.91. The zero-order chi connectivity index (χ0) is 17.8. The van der Waals surface area contributed by atoms with Crippen molar-refractivity contribution in [3.05, 3.63) is 80.5 Å². The van der Waals surface area contributed by atoms with Gasteiger partial charge in [0.25, 0.3) is 5.91 Å². The lowest BCUT2D eigenvalue weighted by Gasteiger charge is -2.20. The van der Waals surface area contributed by atoms with E-state index in [1.54, 1.807) is 12.1 Å². The highest BCUT2D eigenvalue weighted by molar-refractivity contribution is 9.10. The molecule has 1 aromatic heterocycles. The first-order chi connectivity index (χ1) is 12.1. The fraction of sp³-hybridized carbons (Fsp3) is 0.167. The third kappa shape index (κ3) is 3.93. The molecule has 0 aliphatic rings. The van der Waals surface area contributed by atoms with Crippen molar-refractivity contribution >= 4 is 33.4 Å². The zero-order valence-electron chi connectivity index (χ0n) is 13.4. The molecule has 0 saturated heterocycles. The van der Waals surface area contributed by atoms with Gasteiger partial charge in [-0.15, -0.1) is 5.10 Å². The van der Waals surface area contributed by atoms with Gasteiger partial charge in [0, 0.05) is 10.0 Å². The Hall–Kier alpha value is -2.12. The summed E-state index contributed by atoms with van der Waals surface area (Å²) in [5, 5.41) is 6.89. The van der Waals surface area contributed by atoms with Gasteiger partial charge in [0.1, 0.15) is 10.7 Å². The summed E-state index contributed by atoms with van der Waals surface area (Å²) >= 11 is 4.31. The molecule has 1 N–H and O–H groups in total. The van der Waals surface area contributed by atoms with E-state index in [0.29, 0.717) is 27.0 Å². The standard InChI is InChI=1S/C18H15BrFN3OS/c1-2-15-17(25-23-22-15)18(24)21-16(11-6-4-3-5-7-11)13-9-8-12(19)10-14(13)20/h3-10,16H,2H2,1H3,(H,21,24). The van der Waals surface area contributed by atoms with Gasteiger partial charge in [-0.1, -0.05) is 63.7 Å². The second-order valence-corrected chi connectivity index (χ2v) is 7.06. The number of rotatable bonds is 5. The van der Waals surface area contributed by atoms with Crippen LogP contribution in [0.1, 0.15) is 39.5 Å². The maximum Gasteiger partial charge on any atom is 0.265 e. The maximum absolute atomic E-state index is 14.5. The van der Waals surface area contributed by atoms with Gasteiger partial charge in [-0.25, -0.2) is 4.39 Å². The van der Waals surface area contributed by atoms with Crippen LogP contribution in [0.3, 0.4) is 0 Å². The molecule has 128 valence electrons. The van der Waals surface area contributed by atoms with Crippen molar-refractivity contribution in [1.82, 2.24) is 14.9 Å². The predicted octanol–water partition coefficient (Wildman–Crippen LogP) is 4.52. The van der Waals surface area contributed by atoms with Crippen LogP contribution in [0.4, 0.5) is 4.39 Å². The topological polar surface area (TPSA) is 54.9 Å². The van der Waals surface area contributed by atoms with Crippen LogP contribution in [0.2, 0.25) is 0 Å². The molecule has 1 unspecified atom stereocenters. The molecule has 0 aliphatic heterocycles. The largest absolute Gasteiger partial charge is 0.340 e. The number of aromatic nitrogens is 2. The predicted molar refractivity (Wildman–Crippen MR) is 99.1 cm³/mol. The molecule has 25 heavy (non-hydrogen) atoms. The maximum atomic E-state index is 14.5. The first-order valence-corrected chi connectivity index (χ1v) is 9.28. The Kier molecular flexibility index (Phi) is 5.55. The monoisotopic (exact) mass is 419 g/mol. The van der Waals surface area contributed by atoms with Gasteiger partial charge in [0.15, 0.2) is 0 Å². The second kappa shape index (κ2) is 7.84. The van der Waals surface area contributed by atoms with Gasteiger partial charge >= 0.3 is 0 Å². The Labute approximate surface area is 157 Å². The quantitative estimate of drug-likeness (QED) is 0.661. The zero-order valence-corrected chi connectivity index (χ0v) is 15.8. The molecule has 1 heterocycles. The van der Waals surface area contributed by atoms with Crippen LogP contribution in [0.5, 0.6) is 0 Å². The van der Waals surface area contributed by atoms with Crippen LogP contribution in [0, 0.1) is 5.82 Å². The highest BCUT2D eigenvalue weighted by Gasteiger charge is 2.23. The smallest absolute Gasteiger partial charge is 0.265 e. The van der Waals surface area contributed by atoms with Crippen LogP contribution in [0.15, 0.2) is 53.0 Å². The minimum atomic E-state index is -0.603. The average molecular weight is 420 g/mol. The molecule has 3 aromatic rings. The number of amides is 1. The first kappa shape index (κ1) is 17.7. The third-order valence-electron chi connectivity index (χ3n) is 3.78. The second-order valence-electron chi connectivity index (χ2n) is 5.39. The van der Waals surface area contributed by atoms with E-state index in [4.69, 9.17) is 0 Å². The Morgan fingerprint density at radius 1 is 1.28 bits per heavy atom. The normalized spacial score (nSPS) is 12.0. The van der Waals surface area contributed by atoms with E-state index in [9.17, 15) is 9.18 Å². The number of carbonyl (C=O) groups is 1. The van der Waals surface area contributed by atoms with Gasteiger partial charge < -0.3 is 5.32 Å². The summed E-state index contributed by atoms with van der Waals surface area (Å²) in [5.74, 6) is -0.690.